The molecule has 0 aliphatic carbocycles. The molecule has 0 radical (unpaired) electrons. The minimum Gasteiger partial charge on any atom is -0.300 e. The summed E-state index contributed by atoms with van der Waals surface area (Å²) in [5.41, 5.74) is 2.17. The smallest absolute Gasteiger partial charge is 0.235 e. The van der Waals surface area contributed by atoms with E-state index in [9.17, 15) is 4.79 Å². The van der Waals surface area contributed by atoms with Crippen LogP contribution < -0.4 is 11.3 Å². The molecule has 0 spiro atoms. The molecule has 90 valence electrons. The van der Waals surface area contributed by atoms with Gasteiger partial charge in [-0.3, -0.25) is 10.2 Å². The summed E-state index contributed by atoms with van der Waals surface area (Å²) in [6.45, 7) is 8.44. The largest absolute Gasteiger partial charge is 0.300 e. The molecule has 4 nitrogen and oxygen atoms in total. The summed E-state index contributed by atoms with van der Waals surface area (Å²) >= 11 is 0. The number of unbranched alkanes of at least 4 members (excludes halogenated alkanes) is 1. The van der Waals surface area contributed by atoms with Crippen molar-refractivity contribution in [3.63, 3.8) is 0 Å². The molecule has 1 atom stereocenters. The number of nitrogens with two attached hydrogens (primary N) is 1. The average Bonchev–Trinajstić information content (AvgIpc) is 2.27. The Labute approximate surface area is 93.2 Å². The van der Waals surface area contributed by atoms with Gasteiger partial charge >= 0.3 is 0 Å². The molecule has 0 aliphatic heterocycles. The van der Waals surface area contributed by atoms with Crippen molar-refractivity contribution in [2.45, 2.75) is 52.5 Å². The Balaban J connectivity index is 3.94. The van der Waals surface area contributed by atoms with Crippen LogP contribution in [0.4, 0.5) is 0 Å². The molecule has 0 saturated heterocycles. The Bertz CT molecular complexity index is 173. The van der Waals surface area contributed by atoms with Crippen LogP contribution in [0.3, 0.4) is 0 Å². The number of amides is 1. The van der Waals surface area contributed by atoms with E-state index < -0.39 is 0 Å². The van der Waals surface area contributed by atoms with E-state index in [2.05, 4.69) is 31.1 Å². The van der Waals surface area contributed by atoms with Crippen molar-refractivity contribution in [3.05, 3.63) is 0 Å². The van der Waals surface area contributed by atoms with Gasteiger partial charge in [0.25, 0.3) is 0 Å². The fourth-order valence-electron chi connectivity index (χ4n) is 1.49. The lowest BCUT2D eigenvalue weighted by Gasteiger charge is -2.27. The Morgan fingerprint density at radius 1 is 1.40 bits per heavy atom. The van der Waals surface area contributed by atoms with Crippen LogP contribution in [0.25, 0.3) is 0 Å². The summed E-state index contributed by atoms with van der Waals surface area (Å²) in [6, 6.07) is 0.544. The lowest BCUT2D eigenvalue weighted by molar-refractivity contribution is -0.121. The van der Waals surface area contributed by atoms with E-state index in [1.807, 2.05) is 0 Å². The summed E-state index contributed by atoms with van der Waals surface area (Å²) in [5.74, 6) is 4.97. The maximum Gasteiger partial charge on any atom is 0.235 e. The predicted octanol–water partition coefficient (Wildman–Crippen LogP) is 1.27. The van der Waals surface area contributed by atoms with Crippen molar-refractivity contribution >= 4 is 5.91 Å². The van der Waals surface area contributed by atoms with Gasteiger partial charge in [-0.15, -0.1) is 0 Å². The lowest BCUT2D eigenvalue weighted by atomic mass is 10.2. The van der Waals surface area contributed by atoms with Crippen LogP contribution in [-0.4, -0.2) is 29.9 Å². The molecule has 0 aromatic rings. The second-order valence-corrected chi connectivity index (χ2v) is 3.96. The van der Waals surface area contributed by atoms with Gasteiger partial charge in [-0.05, 0) is 26.3 Å². The van der Waals surface area contributed by atoms with Crippen LogP contribution in [0, 0.1) is 0 Å². The fraction of sp³-hybridized carbons (Fsp3) is 0.909. The quantitative estimate of drug-likeness (QED) is 0.364. The number of hydrogen-bond acceptors (Lipinski definition) is 3. The molecular formula is C11H25N3O. The zero-order chi connectivity index (χ0) is 11.7. The maximum absolute atomic E-state index is 11.0. The molecule has 0 fully saturated rings. The van der Waals surface area contributed by atoms with Crippen molar-refractivity contribution in [1.29, 1.82) is 0 Å². The van der Waals surface area contributed by atoms with Gasteiger partial charge in [0.1, 0.15) is 0 Å². The second kappa shape index (κ2) is 8.68. The first-order valence-corrected chi connectivity index (χ1v) is 5.89. The average molecular weight is 215 g/mol. The molecule has 0 heterocycles. The Kier molecular flexibility index (Phi) is 8.33. The Hall–Kier alpha value is -0.610. The number of carbonyl (C=O) groups excluding carboxylic acids is 1. The van der Waals surface area contributed by atoms with Gasteiger partial charge in [0.15, 0.2) is 0 Å². The third kappa shape index (κ3) is 6.47. The van der Waals surface area contributed by atoms with E-state index in [4.69, 9.17) is 5.84 Å². The number of nitrogens with zero attached hydrogens (tertiary/aromatic N) is 1. The van der Waals surface area contributed by atoms with Crippen molar-refractivity contribution in [2.75, 3.05) is 13.1 Å². The van der Waals surface area contributed by atoms with Crippen LogP contribution in [0.2, 0.25) is 0 Å². The van der Waals surface area contributed by atoms with Gasteiger partial charge in [0, 0.05) is 19.0 Å². The number of carbonyl (C=O) groups is 1. The Morgan fingerprint density at radius 3 is 2.53 bits per heavy atom. The summed E-state index contributed by atoms with van der Waals surface area (Å²) < 4.78 is 0. The topological polar surface area (TPSA) is 58.4 Å². The molecule has 4 heteroatoms. The predicted molar refractivity (Wildman–Crippen MR) is 63.2 cm³/mol. The number of hydrogen-bond donors (Lipinski definition) is 2. The molecule has 0 aromatic heterocycles. The highest BCUT2D eigenvalue weighted by atomic mass is 16.2. The third-order valence-electron chi connectivity index (χ3n) is 2.80. The maximum atomic E-state index is 11.0. The molecule has 15 heavy (non-hydrogen) atoms. The van der Waals surface area contributed by atoms with Crippen molar-refractivity contribution in [3.8, 4) is 0 Å². The van der Waals surface area contributed by atoms with E-state index in [0.717, 1.165) is 19.5 Å². The molecule has 0 rings (SSSR count). The van der Waals surface area contributed by atoms with Crippen LogP contribution in [0.5, 0.6) is 0 Å². The third-order valence-corrected chi connectivity index (χ3v) is 2.80. The zero-order valence-corrected chi connectivity index (χ0v) is 10.3. The fourth-order valence-corrected chi connectivity index (χ4v) is 1.49. The van der Waals surface area contributed by atoms with Crippen LogP contribution in [0.15, 0.2) is 0 Å². The van der Waals surface area contributed by atoms with Crippen molar-refractivity contribution < 1.29 is 4.79 Å². The number of hydrazine groups is 1. The number of nitrogens with one attached hydrogen (secondary N) is 1. The minimum absolute atomic E-state index is 0.0835. The van der Waals surface area contributed by atoms with Gasteiger partial charge < -0.3 is 4.90 Å². The molecule has 0 saturated carbocycles. The standard InChI is InChI=1S/C11H25N3O/c1-4-6-8-14(10(3)5-2)9-7-11(15)13-12/h10H,4-9,12H2,1-3H3,(H,13,15). The van der Waals surface area contributed by atoms with Crippen LogP contribution in [0.1, 0.15) is 46.5 Å². The summed E-state index contributed by atoms with van der Waals surface area (Å²) in [4.78, 5) is 13.4. The first kappa shape index (κ1) is 14.4. The highest BCUT2D eigenvalue weighted by molar-refractivity contribution is 5.75. The van der Waals surface area contributed by atoms with Gasteiger partial charge in [0.2, 0.25) is 5.91 Å². The highest BCUT2D eigenvalue weighted by Gasteiger charge is 2.12. The first-order valence-electron chi connectivity index (χ1n) is 5.89. The van der Waals surface area contributed by atoms with E-state index in [1.165, 1.54) is 12.8 Å². The Morgan fingerprint density at radius 2 is 2.07 bits per heavy atom. The molecule has 0 aromatic carbocycles. The first-order chi connectivity index (χ1) is 7.15. The molecule has 1 amide bonds. The van der Waals surface area contributed by atoms with E-state index >= 15 is 0 Å². The minimum atomic E-state index is -0.0835. The van der Waals surface area contributed by atoms with Gasteiger partial charge in [-0.1, -0.05) is 20.3 Å². The van der Waals surface area contributed by atoms with Gasteiger partial charge in [-0.2, -0.15) is 0 Å². The highest BCUT2D eigenvalue weighted by Crippen LogP contribution is 2.06. The molecule has 0 aliphatic rings. The van der Waals surface area contributed by atoms with Gasteiger partial charge in [-0.25, -0.2) is 5.84 Å². The van der Waals surface area contributed by atoms with Crippen molar-refractivity contribution in [1.82, 2.24) is 10.3 Å². The molecule has 0 bridgehead atoms. The second-order valence-electron chi connectivity index (χ2n) is 3.96. The molecule has 3 N–H and O–H groups in total. The lowest BCUT2D eigenvalue weighted by Crippen LogP contribution is -2.38. The number of rotatable bonds is 8. The summed E-state index contributed by atoms with van der Waals surface area (Å²) in [6.07, 6.45) is 3.99. The summed E-state index contributed by atoms with van der Waals surface area (Å²) in [5, 5.41) is 0. The SMILES string of the molecule is CCCCN(CCC(=O)NN)C(C)CC. The molecule has 1 unspecified atom stereocenters. The van der Waals surface area contributed by atoms with E-state index in [1.54, 1.807) is 0 Å². The van der Waals surface area contributed by atoms with Crippen LogP contribution in [-0.2, 0) is 4.79 Å². The van der Waals surface area contributed by atoms with Gasteiger partial charge in [0.05, 0.1) is 0 Å². The van der Waals surface area contributed by atoms with E-state index in [-0.39, 0.29) is 5.91 Å². The zero-order valence-electron chi connectivity index (χ0n) is 10.3. The normalized spacial score (nSPS) is 12.9. The summed E-state index contributed by atoms with van der Waals surface area (Å²) in [7, 11) is 0. The van der Waals surface area contributed by atoms with Crippen molar-refractivity contribution in [2.24, 2.45) is 5.84 Å². The monoisotopic (exact) mass is 215 g/mol. The molecular weight excluding hydrogens is 190 g/mol. The van der Waals surface area contributed by atoms with Crippen LogP contribution >= 0.6 is 0 Å². The van der Waals surface area contributed by atoms with E-state index in [0.29, 0.717) is 12.5 Å².